The summed E-state index contributed by atoms with van der Waals surface area (Å²) in [6.45, 7) is 4.33. The van der Waals surface area contributed by atoms with Crippen molar-refractivity contribution in [2.24, 2.45) is 0 Å². The number of rotatable bonds is 4. The number of piperazine rings is 1. The molecule has 2 aromatic rings. The Labute approximate surface area is 153 Å². The van der Waals surface area contributed by atoms with E-state index in [0.29, 0.717) is 31.7 Å². The number of hydrogen-bond acceptors (Lipinski definition) is 5. The molecule has 0 spiro atoms. The zero-order valence-electron chi connectivity index (χ0n) is 14.8. The summed E-state index contributed by atoms with van der Waals surface area (Å²) in [7, 11) is -2.23. The van der Waals surface area contributed by atoms with Crippen molar-refractivity contribution in [1.29, 1.82) is 0 Å². The first-order valence-electron chi connectivity index (χ1n) is 8.42. The van der Waals surface area contributed by atoms with E-state index in [1.54, 1.807) is 17.2 Å². The zero-order chi connectivity index (χ0) is 18.7. The smallest absolute Gasteiger partial charge is 0.254 e. The van der Waals surface area contributed by atoms with E-state index in [2.05, 4.69) is 14.6 Å². The van der Waals surface area contributed by atoms with Crippen LogP contribution in [0, 0.1) is 6.92 Å². The highest BCUT2D eigenvalue weighted by molar-refractivity contribution is 7.89. The molecule has 1 aliphatic rings. The molecule has 1 aromatic carbocycles. The van der Waals surface area contributed by atoms with Crippen LogP contribution in [0.1, 0.15) is 15.9 Å². The van der Waals surface area contributed by atoms with Gasteiger partial charge in [0.05, 0.1) is 4.90 Å². The molecule has 1 aromatic heterocycles. The number of aryl methyl sites for hydroxylation is 1. The molecule has 1 aliphatic heterocycles. The summed E-state index contributed by atoms with van der Waals surface area (Å²) in [6.07, 6.45) is 1.75. The highest BCUT2D eigenvalue weighted by Gasteiger charge is 2.25. The molecule has 0 atom stereocenters. The topological polar surface area (TPSA) is 82.6 Å². The number of nitrogens with zero attached hydrogens (tertiary/aromatic N) is 3. The quantitative estimate of drug-likeness (QED) is 0.871. The first-order chi connectivity index (χ1) is 12.4. The molecule has 0 bridgehead atoms. The minimum Gasteiger partial charge on any atom is -0.353 e. The Balaban J connectivity index is 1.76. The third-order valence-electron chi connectivity index (χ3n) is 4.56. The molecule has 0 radical (unpaired) electrons. The fourth-order valence-corrected chi connectivity index (χ4v) is 3.72. The Hall–Kier alpha value is -2.45. The molecular weight excluding hydrogens is 352 g/mol. The lowest BCUT2D eigenvalue weighted by Crippen LogP contribution is -2.49. The lowest BCUT2D eigenvalue weighted by Gasteiger charge is -2.35. The summed E-state index contributed by atoms with van der Waals surface area (Å²) in [6, 6.07) is 10.4. The fourth-order valence-electron chi connectivity index (χ4n) is 2.97. The molecule has 0 aliphatic carbocycles. The van der Waals surface area contributed by atoms with Gasteiger partial charge in [-0.25, -0.2) is 18.1 Å². The van der Waals surface area contributed by atoms with E-state index in [1.165, 1.54) is 19.2 Å². The van der Waals surface area contributed by atoms with E-state index in [9.17, 15) is 13.2 Å². The third kappa shape index (κ3) is 3.71. The number of aromatic nitrogens is 1. The van der Waals surface area contributed by atoms with Gasteiger partial charge in [0.25, 0.3) is 5.91 Å². The van der Waals surface area contributed by atoms with Crippen molar-refractivity contribution < 1.29 is 13.2 Å². The van der Waals surface area contributed by atoms with Crippen molar-refractivity contribution in [2.75, 3.05) is 38.1 Å². The molecule has 1 N–H and O–H groups in total. The van der Waals surface area contributed by atoms with Crippen LogP contribution in [0.4, 0.5) is 5.82 Å². The highest BCUT2D eigenvalue weighted by atomic mass is 32.2. The van der Waals surface area contributed by atoms with E-state index in [-0.39, 0.29) is 10.8 Å². The lowest BCUT2D eigenvalue weighted by molar-refractivity contribution is 0.0745. The second-order valence-corrected chi connectivity index (χ2v) is 8.04. The van der Waals surface area contributed by atoms with E-state index in [4.69, 9.17) is 0 Å². The summed E-state index contributed by atoms with van der Waals surface area (Å²) >= 11 is 0. The molecular formula is C18H22N4O3S. The van der Waals surface area contributed by atoms with Gasteiger partial charge in [0.1, 0.15) is 5.82 Å². The van der Waals surface area contributed by atoms with Crippen LogP contribution in [0.25, 0.3) is 0 Å². The molecule has 3 rings (SSSR count). The number of carbonyl (C=O) groups is 1. The number of nitrogens with one attached hydrogen (secondary N) is 1. The number of benzene rings is 1. The van der Waals surface area contributed by atoms with Crippen LogP contribution in [0.15, 0.2) is 47.5 Å². The molecule has 1 fully saturated rings. The Morgan fingerprint density at radius 1 is 1.12 bits per heavy atom. The second-order valence-electron chi connectivity index (χ2n) is 6.15. The average molecular weight is 374 g/mol. The number of sulfonamides is 1. The summed E-state index contributed by atoms with van der Waals surface area (Å²) in [5.41, 5.74) is 1.19. The zero-order valence-corrected chi connectivity index (χ0v) is 15.7. The van der Waals surface area contributed by atoms with Gasteiger partial charge >= 0.3 is 0 Å². The Bertz CT molecular complexity index is 892. The maximum atomic E-state index is 12.9. The number of carbonyl (C=O) groups excluding carboxylic acids is 1. The first-order valence-corrected chi connectivity index (χ1v) is 9.90. The molecule has 1 amide bonds. The monoisotopic (exact) mass is 374 g/mol. The summed E-state index contributed by atoms with van der Waals surface area (Å²) < 4.78 is 26.3. The van der Waals surface area contributed by atoms with E-state index in [1.807, 2.05) is 25.1 Å². The number of pyridine rings is 1. The fraction of sp³-hybridized carbons (Fsp3) is 0.333. The van der Waals surface area contributed by atoms with Gasteiger partial charge in [-0.2, -0.15) is 0 Å². The average Bonchev–Trinajstić information content (AvgIpc) is 2.68. The minimum absolute atomic E-state index is 0.0982. The molecule has 138 valence electrons. The standard InChI is InChI=1S/C18H22N4O3S/c1-14-6-7-15(26(24,25)19-2)13-16(14)18(23)22-11-9-21(10-12-22)17-5-3-4-8-20-17/h3-8,13,19H,9-12H2,1-2H3. The van der Waals surface area contributed by atoms with E-state index in [0.717, 1.165) is 11.4 Å². The SMILES string of the molecule is CNS(=O)(=O)c1ccc(C)c(C(=O)N2CCN(c3ccccn3)CC2)c1. The molecule has 26 heavy (non-hydrogen) atoms. The molecule has 1 saturated heterocycles. The lowest BCUT2D eigenvalue weighted by atomic mass is 10.1. The molecule has 0 unspecified atom stereocenters. The number of hydrogen-bond donors (Lipinski definition) is 1. The van der Waals surface area contributed by atoms with Crippen LogP contribution < -0.4 is 9.62 Å². The summed E-state index contributed by atoms with van der Waals surface area (Å²) in [5.74, 6) is 0.759. The summed E-state index contributed by atoms with van der Waals surface area (Å²) in [4.78, 5) is 21.2. The van der Waals surface area contributed by atoms with Gasteiger partial charge in [-0.05, 0) is 43.8 Å². The van der Waals surface area contributed by atoms with Crippen LogP contribution >= 0.6 is 0 Å². The highest BCUT2D eigenvalue weighted by Crippen LogP contribution is 2.19. The summed E-state index contributed by atoms with van der Waals surface area (Å²) in [5, 5.41) is 0. The van der Waals surface area contributed by atoms with Crippen molar-refractivity contribution >= 4 is 21.7 Å². The van der Waals surface area contributed by atoms with Gasteiger partial charge in [0.2, 0.25) is 10.0 Å². The Kier molecular flexibility index (Phi) is 5.24. The number of amides is 1. The van der Waals surface area contributed by atoms with E-state index >= 15 is 0 Å². The predicted molar refractivity (Wildman–Crippen MR) is 99.8 cm³/mol. The normalized spacial score (nSPS) is 15.2. The van der Waals surface area contributed by atoms with Gasteiger partial charge in [0.15, 0.2) is 0 Å². The first kappa shape index (κ1) is 18.3. The largest absolute Gasteiger partial charge is 0.353 e. The molecule has 0 saturated carbocycles. The molecule has 7 nitrogen and oxygen atoms in total. The van der Waals surface area contributed by atoms with Crippen molar-refractivity contribution in [1.82, 2.24) is 14.6 Å². The van der Waals surface area contributed by atoms with Gasteiger partial charge in [-0.1, -0.05) is 12.1 Å². The maximum absolute atomic E-state index is 12.9. The van der Waals surface area contributed by atoms with E-state index < -0.39 is 10.0 Å². The van der Waals surface area contributed by atoms with Crippen molar-refractivity contribution in [3.8, 4) is 0 Å². The third-order valence-corrected chi connectivity index (χ3v) is 5.97. The molecule has 8 heteroatoms. The number of anilines is 1. The van der Waals surface area contributed by atoms with Crippen LogP contribution in [0.3, 0.4) is 0 Å². The minimum atomic E-state index is -3.58. The Morgan fingerprint density at radius 2 is 1.85 bits per heavy atom. The van der Waals surface area contributed by atoms with Gasteiger partial charge in [-0.15, -0.1) is 0 Å². The van der Waals surface area contributed by atoms with Crippen molar-refractivity contribution in [3.05, 3.63) is 53.7 Å². The van der Waals surface area contributed by atoms with Crippen LogP contribution in [-0.4, -0.2) is 57.4 Å². The van der Waals surface area contributed by atoms with Crippen molar-refractivity contribution in [2.45, 2.75) is 11.8 Å². The molecule has 2 heterocycles. The van der Waals surface area contributed by atoms with Gasteiger partial charge in [-0.3, -0.25) is 4.79 Å². The Morgan fingerprint density at radius 3 is 2.46 bits per heavy atom. The predicted octanol–water partition coefficient (Wildman–Crippen LogP) is 1.26. The van der Waals surface area contributed by atoms with Gasteiger partial charge in [0, 0.05) is 37.9 Å². The van der Waals surface area contributed by atoms with Crippen molar-refractivity contribution in [3.63, 3.8) is 0 Å². The maximum Gasteiger partial charge on any atom is 0.254 e. The van der Waals surface area contributed by atoms with Gasteiger partial charge < -0.3 is 9.80 Å². The van der Waals surface area contributed by atoms with Crippen LogP contribution in [0.5, 0.6) is 0 Å². The second kappa shape index (κ2) is 7.43. The van der Waals surface area contributed by atoms with Crippen LogP contribution in [0.2, 0.25) is 0 Å². The van der Waals surface area contributed by atoms with Crippen LogP contribution in [-0.2, 0) is 10.0 Å².